The lowest BCUT2D eigenvalue weighted by Gasteiger charge is -2.49. The first kappa shape index (κ1) is 29.0. The molecule has 0 bridgehead atoms. The van der Waals surface area contributed by atoms with E-state index in [1.165, 1.54) is 13.8 Å². The van der Waals surface area contributed by atoms with Gasteiger partial charge in [-0.25, -0.2) is 4.79 Å². The second-order valence-corrected chi connectivity index (χ2v) is 11.1. The van der Waals surface area contributed by atoms with Crippen LogP contribution in [0.4, 0.5) is 4.79 Å². The second kappa shape index (κ2) is 13.0. The van der Waals surface area contributed by atoms with E-state index in [4.69, 9.17) is 0 Å². The van der Waals surface area contributed by atoms with Crippen LogP contribution in [0.25, 0.3) is 0 Å². The molecule has 1 heterocycles. The monoisotopic (exact) mass is 560 g/mol. The molecule has 0 spiro atoms. The van der Waals surface area contributed by atoms with Crippen molar-refractivity contribution in [3.63, 3.8) is 0 Å². The quantitative estimate of drug-likeness (QED) is 0.237. The molecule has 2 amide bonds. The lowest BCUT2D eigenvalue weighted by atomic mass is 9.87. The SMILES string of the molecule is CC(=O)c1cccc(CN2C(=O)N(Cc3cccc(C(C)=O)c3)[C@H](Cc3ccccc3)C(O)[C@H]2Cc2ccccc2)c1. The summed E-state index contributed by atoms with van der Waals surface area (Å²) < 4.78 is 0. The van der Waals surface area contributed by atoms with Crippen LogP contribution in [-0.2, 0) is 25.9 Å². The van der Waals surface area contributed by atoms with Gasteiger partial charge in [-0.1, -0.05) is 97.1 Å². The third-order valence-electron chi connectivity index (χ3n) is 8.03. The van der Waals surface area contributed by atoms with Crippen molar-refractivity contribution in [2.45, 2.75) is 58.0 Å². The van der Waals surface area contributed by atoms with Crippen molar-refractivity contribution in [2.24, 2.45) is 0 Å². The molecule has 6 heteroatoms. The number of hydrogen-bond donors (Lipinski definition) is 1. The number of aliphatic hydroxyl groups is 1. The molecule has 2 atom stereocenters. The zero-order valence-corrected chi connectivity index (χ0v) is 24.0. The van der Waals surface area contributed by atoms with Crippen molar-refractivity contribution < 1.29 is 19.5 Å². The van der Waals surface area contributed by atoms with Crippen molar-refractivity contribution >= 4 is 17.6 Å². The van der Waals surface area contributed by atoms with E-state index in [0.717, 1.165) is 22.3 Å². The molecule has 4 aromatic rings. The molecule has 4 aromatic carbocycles. The molecule has 1 saturated heterocycles. The van der Waals surface area contributed by atoms with Crippen LogP contribution < -0.4 is 0 Å². The third-order valence-corrected chi connectivity index (χ3v) is 8.03. The summed E-state index contributed by atoms with van der Waals surface area (Å²) in [7, 11) is 0. The average Bonchev–Trinajstić information content (AvgIpc) is 3.00. The summed E-state index contributed by atoms with van der Waals surface area (Å²) in [6.45, 7) is 3.55. The van der Waals surface area contributed by atoms with Crippen molar-refractivity contribution in [1.29, 1.82) is 0 Å². The number of ketones is 2. The largest absolute Gasteiger partial charge is 0.389 e. The molecule has 6 nitrogen and oxygen atoms in total. The van der Waals surface area contributed by atoms with E-state index < -0.39 is 18.2 Å². The minimum Gasteiger partial charge on any atom is -0.389 e. The number of carbonyl (C=O) groups excluding carboxylic acids is 3. The van der Waals surface area contributed by atoms with Crippen LogP contribution in [0.3, 0.4) is 0 Å². The Morgan fingerprint density at radius 1 is 0.595 bits per heavy atom. The van der Waals surface area contributed by atoms with Crippen LogP contribution in [0.2, 0.25) is 0 Å². The van der Waals surface area contributed by atoms with Gasteiger partial charge in [-0.2, -0.15) is 0 Å². The molecular formula is C36H36N2O4. The van der Waals surface area contributed by atoms with Crippen LogP contribution in [0.1, 0.15) is 56.8 Å². The first-order chi connectivity index (χ1) is 20.3. The minimum atomic E-state index is -0.866. The first-order valence-electron chi connectivity index (χ1n) is 14.3. The Kier molecular flexibility index (Phi) is 8.94. The van der Waals surface area contributed by atoms with Crippen LogP contribution in [-0.4, -0.2) is 50.7 Å². The average molecular weight is 561 g/mol. The molecule has 1 fully saturated rings. The zero-order valence-electron chi connectivity index (χ0n) is 24.0. The Balaban J connectivity index is 1.56. The number of amides is 2. The summed E-state index contributed by atoms with van der Waals surface area (Å²) in [6.07, 6.45) is 0.105. The summed E-state index contributed by atoms with van der Waals surface area (Å²) in [5.41, 5.74) is 4.85. The van der Waals surface area contributed by atoms with Crippen molar-refractivity contribution in [3.05, 3.63) is 143 Å². The number of nitrogens with zero attached hydrogens (tertiary/aromatic N) is 2. The van der Waals surface area contributed by atoms with Crippen LogP contribution in [0, 0.1) is 0 Å². The predicted octanol–water partition coefficient (Wildman–Crippen LogP) is 6.11. The Bertz CT molecular complexity index is 1440. The maximum Gasteiger partial charge on any atom is 0.321 e. The number of urea groups is 1. The summed E-state index contributed by atoms with van der Waals surface area (Å²) in [4.78, 5) is 42.2. The number of carbonyl (C=O) groups is 3. The van der Waals surface area contributed by atoms with Crippen molar-refractivity contribution in [2.75, 3.05) is 0 Å². The van der Waals surface area contributed by atoms with E-state index in [9.17, 15) is 19.5 Å². The molecular weight excluding hydrogens is 524 g/mol. The van der Waals surface area contributed by atoms with E-state index in [2.05, 4.69) is 0 Å². The Morgan fingerprint density at radius 2 is 0.976 bits per heavy atom. The topological polar surface area (TPSA) is 77.9 Å². The first-order valence-corrected chi connectivity index (χ1v) is 14.3. The fourth-order valence-electron chi connectivity index (χ4n) is 5.79. The Hall–Kier alpha value is -4.55. The fourth-order valence-corrected chi connectivity index (χ4v) is 5.79. The lowest BCUT2D eigenvalue weighted by Crippen LogP contribution is -2.66. The van der Waals surface area contributed by atoms with Crippen LogP contribution in [0.15, 0.2) is 109 Å². The smallest absolute Gasteiger partial charge is 0.321 e. The number of benzene rings is 4. The number of hydrogen-bond acceptors (Lipinski definition) is 4. The van der Waals surface area contributed by atoms with Gasteiger partial charge in [0.1, 0.15) is 0 Å². The van der Waals surface area contributed by atoms with Gasteiger partial charge in [0.25, 0.3) is 0 Å². The number of aliphatic hydroxyl groups excluding tert-OH is 1. The molecule has 214 valence electrons. The molecule has 0 saturated carbocycles. The van der Waals surface area contributed by atoms with Gasteiger partial charge in [-0.05, 0) is 61.1 Å². The summed E-state index contributed by atoms with van der Waals surface area (Å²) >= 11 is 0. The molecule has 42 heavy (non-hydrogen) atoms. The fraction of sp³-hybridized carbons (Fsp3) is 0.250. The summed E-state index contributed by atoms with van der Waals surface area (Å²) in [5.74, 6) is -0.0878. The molecule has 0 unspecified atom stereocenters. The molecule has 1 aliphatic heterocycles. The predicted molar refractivity (Wildman–Crippen MR) is 163 cm³/mol. The van der Waals surface area contributed by atoms with Gasteiger partial charge in [-0.15, -0.1) is 0 Å². The van der Waals surface area contributed by atoms with Gasteiger partial charge in [0, 0.05) is 24.2 Å². The molecule has 1 aliphatic rings. The van der Waals surface area contributed by atoms with E-state index >= 15 is 0 Å². The third kappa shape index (κ3) is 6.67. The maximum absolute atomic E-state index is 14.5. The Morgan fingerprint density at radius 3 is 1.36 bits per heavy atom. The highest BCUT2D eigenvalue weighted by Gasteiger charge is 2.45. The summed E-state index contributed by atoms with van der Waals surface area (Å²) in [5, 5.41) is 12.1. The van der Waals surface area contributed by atoms with E-state index in [-0.39, 0.29) is 30.7 Å². The van der Waals surface area contributed by atoms with E-state index in [1.807, 2.05) is 97.1 Å². The zero-order chi connectivity index (χ0) is 29.6. The van der Waals surface area contributed by atoms with Crippen molar-refractivity contribution in [1.82, 2.24) is 9.80 Å². The Labute approximate surface area is 247 Å². The van der Waals surface area contributed by atoms with E-state index in [0.29, 0.717) is 24.0 Å². The van der Waals surface area contributed by atoms with E-state index in [1.54, 1.807) is 21.9 Å². The number of rotatable bonds is 10. The molecule has 1 N–H and O–H groups in total. The van der Waals surface area contributed by atoms with Crippen LogP contribution in [0.5, 0.6) is 0 Å². The maximum atomic E-state index is 14.5. The second-order valence-electron chi connectivity index (χ2n) is 11.1. The normalized spacial score (nSPS) is 17.4. The lowest BCUT2D eigenvalue weighted by molar-refractivity contribution is -0.0427. The van der Waals surface area contributed by atoms with Gasteiger partial charge in [-0.3, -0.25) is 9.59 Å². The highest BCUT2D eigenvalue weighted by Crippen LogP contribution is 2.31. The molecule has 0 aliphatic carbocycles. The van der Waals surface area contributed by atoms with Gasteiger partial charge in [0.05, 0.1) is 18.2 Å². The van der Waals surface area contributed by atoms with Crippen molar-refractivity contribution in [3.8, 4) is 0 Å². The number of Topliss-reactive ketones (excluding diaryl/α,β-unsaturated/α-hetero) is 2. The molecule has 0 radical (unpaired) electrons. The minimum absolute atomic E-state index is 0.0439. The molecule has 0 aromatic heterocycles. The van der Waals surface area contributed by atoms with Gasteiger partial charge in [0.2, 0.25) is 0 Å². The highest BCUT2D eigenvalue weighted by atomic mass is 16.3. The van der Waals surface area contributed by atoms with Gasteiger partial charge in [0.15, 0.2) is 11.6 Å². The van der Waals surface area contributed by atoms with Gasteiger partial charge >= 0.3 is 6.03 Å². The van der Waals surface area contributed by atoms with Crippen LogP contribution >= 0.6 is 0 Å². The molecule has 5 rings (SSSR count). The summed E-state index contributed by atoms with van der Waals surface area (Å²) in [6, 6.07) is 33.3. The van der Waals surface area contributed by atoms with Gasteiger partial charge < -0.3 is 14.9 Å². The standard InChI is InChI=1S/C36H36N2O4/c1-25(39)31-17-9-15-29(19-31)23-37-33(21-27-11-5-3-6-12-27)35(41)34(22-28-13-7-4-8-14-28)38(36(37)42)24-30-16-10-18-32(20-30)26(2)40/h3-20,33-35,41H,21-24H2,1-2H3/t33-,34-/m1/s1. The highest BCUT2D eigenvalue weighted by molar-refractivity contribution is 5.94.